The van der Waals surface area contributed by atoms with Gasteiger partial charge in [-0.15, -0.1) is 0 Å². The number of aryl methyl sites for hydroxylation is 2. The van der Waals surface area contributed by atoms with E-state index in [9.17, 15) is 4.79 Å². The van der Waals surface area contributed by atoms with Gasteiger partial charge >= 0.3 is 0 Å². The van der Waals surface area contributed by atoms with Crippen LogP contribution in [-0.2, 0) is 6.42 Å². The smallest absolute Gasteiger partial charge is 0.268 e. The Morgan fingerprint density at radius 2 is 2.26 bits per heavy atom. The molecule has 2 aromatic rings. The molecule has 0 saturated carbocycles. The van der Waals surface area contributed by atoms with Gasteiger partial charge in [0, 0.05) is 5.69 Å². The van der Waals surface area contributed by atoms with Crippen molar-refractivity contribution in [2.75, 3.05) is 0 Å². The highest BCUT2D eigenvalue weighted by Crippen LogP contribution is 2.15. The van der Waals surface area contributed by atoms with Gasteiger partial charge in [-0.05, 0) is 31.9 Å². The predicted molar refractivity (Wildman–Crippen MR) is 69.7 cm³/mol. The van der Waals surface area contributed by atoms with Gasteiger partial charge in [0.25, 0.3) is 5.91 Å². The van der Waals surface area contributed by atoms with Crippen molar-refractivity contribution < 1.29 is 9.32 Å². The van der Waals surface area contributed by atoms with Crippen LogP contribution in [0.15, 0.2) is 16.7 Å². The number of aromatic amines is 1. The molecule has 0 spiro atoms. The SMILES string of the molecule is CCc1ccc(C(=O)N[C@@H](CC)c2nc(C)no2)[nH]1. The van der Waals surface area contributed by atoms with Crippen molar-refractivity contribution in [3.63, 3.8) is 0 Å². The minimum Gasteiger partial charge on any atom is -0.354 e. The minimum absolute atomic E-state index is 0.164. The van der Waals surface area contributed by atoms with Gasteiger partial charge < -0.3 is 14.8 Å². The molecule has 0 bridgehead atoms. The largest absolute Gasteiger partial charge is 0.354 e. The maximum Gasteiger partial charge on any atom is 0.268 e. The first-order valence-electron chi connectivity index (χ1n) is 6.43. The second-order valence-electron chi connectivity index (χ2n) is 4.36. The van der Waals surface area contributed by atoms with Crippen LogP contribution in [0, 0.1) is 6.92 Å². The normalized spacial score (nSPS) is 12.4. The number of hydrogen-bond acceptors (Lipinski definition) is 4. The highest BCUT2D eigenvalue weighted by atomic mass is 16.5. The lowest BCUT2D eigenvalue weighted by Gasteiger charge is -2.11. The van der Waals surface area contributed by atoms with Crippen molar-refractivity contribution in [2.24, 2.45) is 0 Å². The quantitative estimate of drug-likeness (QED) is 0.864. The second-order valence-corrected chi connectivity index (χ2v) is 4.36. The second kappa shape index (κ2) is 5.69. The lowest BCUT2D eigenvalue weighted by atomic mass is 10.2. The van der Waals surface area contributed by atoms with Crippen LogP contribution in [0.1, 0.15) is 54.2 Å². The number of hydrogen-bond donors (Lipinski definition) is 2. The van der Waals surface area contributed by atoms with Crippen LogP contribution in [0.4, 0.5) is 0 Å². The fraction of sp³-hybridized carbons (Fsp3) is 0.462. The molecule has 1 atom stereocenters. The van der Waals surface area contributed by atoms with Gasteiger partial charge in [0.15, 0.2) is 5.82 Å². The molecule has 0 fully saturated rings. The highest BCUT2D eigenvalue weighted by Gasteiger charge is 2.20. The number of H-pyrrole nitrogens is 1. The van der Waals surface area contributed by atoms with Crippen molar-refractivity contribution >= 4 is 5.91 Å². The Hall–Kier alpha value is -2.11. The Morgan fingerprint density at radius 3 is 2.79 bits per heavy atom. The van der Waals surface area contributed by atoms with E-state index in [1.165, 1.54) is 0 Å². The third-order valence-electron chi connectivity index (χ3n) is 2.93. The summed E-state index contributed by atoms with van der Waals surface area (Å²) in [5, 5.41) is 6.62. The van der Waals surface area contributed by atoms with Gasteiger partial charge in [-0.3, -0.25) is 4.79 Å². The summed E-state index contributed by atoms with van der Waals surface area (Å²) in [6.07, 6.45) is 1.56. The van der Waals surface area contributed by atoms with Crippen molar-refractivity contribution in [1.82, 2.24) is 20.4 Å². The first-order valence-corrected chi connectivity index (χ1v) is 6.43. The summed E-state index contributed by atoms with van der Waals surface area (Å²) in [5.41, 5.74) is 1.58. The zero-order valence-electron chi connectivity index (χ0n) is 11.4. The molecule has 1 amide bonds. The molecule has 2 rings (SSSR count). The minimum atomic E-state index is -0.262. The molecule has 2 aromatic heterocycles. The van der Waals surface area contributed by atoms with E-state index in [0.717, 1.165) is 12.1 Å². The summed E-state index contributed by atoms with van der Waals surface area (Å²) in [6.45, 7) is 5.74. The third kappa shape index (κ3) is 3.01. The van der Waals surface area contributed by atoms with Crippen molar-refractivity contribution in [1.29, 1.82) is 0 Å². The average Bonchev–Trinajstić information content (AvgIpc) is 3.04. The van der Waals surface area contributed by atoms with E-state index in [1.54, 1.807) is 13.0 Å². The topological polar surface area (TPSA) is 83.8 Å². The fourth-order valence-corrected chi connectivity index (χ4v) is 1.81. The first kappa shape index (κ1) is 13.3. The van der Waals surface area contributed by atoms with Gasteiger partial charge in [-0.2, -0.15) is 4.98 Å². The molecule has 0 saturated heterocycles. The van der Waals surface area contributed by atoms with Crippen LogP contribution in [0.3, 0.4) is 0 Å². The number of aromatic nitrogens is 3. The molecule has 0 aromatic carbocycles. The van der Waals surface area contributed by atoms with Crippen LogP contribution in [0.25, 0.3) is 0 Å². The van der Waals surface area contributed by atoms with E-state index >= 15 is 0 Å². The molecule has 2 N–H and O–H groups in total. The molecule has 102 valence electrons. The van der Waals surface area contributed by atoms with Gasteiger partial charge in [-0.25, -0.2) is 0 Å². The highest BCUT2D eigenvalue weighted by molar-refractivity contribution is 5.92. The summed E-state index contributed by atoms with van der Waals surface area (Å²) in [5.74, 6) is 0.842. The van der Waals surface area contributed by atoms with Crippen LogP contribution in [-0.4, -0.2) is 21.0 Å². The monoisotopic (exact) mass is 262 g/mol. The molecular formula is C13H18N4O2. The predicted octanol–water partition coefficient (Wildman–Crippen LogP) is 2.15. The molecule has 0 aliphatic heterocycles. The maximum atomic E-state index is 12.1. The number of nitrogens with one attached hydrogen (secondary N) is 2. The van der Waals surface area contributed by atoms with Gasteiger partial charge in [-0.1, -0.05) is 19.0 Å². The Balaban J connectivity index is 2.08. The summed E-state index contributed by atoms with van der Waals surface area (Å²) < 4.78 is 5.09. The van der Waals surface area contributed by atoms with Crippen molar-refractivity contribution in [3.05, 3.63) is 35.2 Å². The molecule has 6 heteroatoms. The van der Waals surface area contributed by atoms with Crippen LogP contribution in [0.5, 0.6) is 0 Å². The van der Waals surface area contributed by atoms with E-state index in [0.29, 0.717) is 23.8 Å². The Labute approximate surface area is 111 Å². The van der Waals surface area contributed by atoms with Crippen LogP contribution >= 0.6 is 0 Å². The van der Waals surface area contributed by atoms with E-state index < -0.39 is 0 Å². The Morgan fingerprint density at radius 1 is 1.47 bits per heavy atom. The zero-order valence-corrected chi connectivity index (χ0v) is 11.4. The summed E-state index contributed by atoms with van der Waals surface area (Å²) >= 11 is 0. The summed E-state index contributed by atoms with van der Waals surface area (Å²) in [7, 11) is 0. The summed E-state index contributed by atoms with van der Waals surface area (Å²) in [6, 6.07) is 3.43. The van der Waals surface area contributed by atoms with Crippen molar-refractivity contribution in [3.8, 4) is 0 Å². The number of carbonyl (C=O) groups excluding carboxylic acids is 1. The van der Waals surface area contributed by atoms with Gasteiger partial charge in [0.05, 0.1) is 0 Å². The molecular weight excluding hydrogens is 244 g/mol. The molecule has 0 aliphatic carbocycles. The van der Waals surface area contributed by atoms with Gasteiger partial charge in [0.2, 0.25) is 5.89 Å². The standard InChI is InChI=1S/C13H18N4O2/c1-4-9-6-7-11(15-9)12(18)16-10(5-2)13-14-8(3)17-19-13/h6-7,10,15H,4-5H2,1-3H3,(H,16,18)/t10-/m0/s1. The van der Waals surface area contributed by atoms with E-state index in [-0.39, 0.29) is 11.9 Å². The van der Waals surface area contributed by atoms with E-state index in [2.05, 4.69) is 20.4 Å². The van der Waals surface area contributed by atoms with Crippen LogP contribution in [0.2, 0.25) is 0 Å². The number of rotatable bonds is 5. The Bertz CT molecular complexity index is 558. The fourth-order valence-electron chi connectivity index (χ4n) is 1.81. The molecule has 0 radical (unpaired) electrons. The lowest BCUT2D eigenvalue weighted by molar-refractivity contribution is 0.0922. The number of amides is 1. The van der Waals surface area contributed by atoms with E-state index in [4.69, 9.17) is 4.52 Å². The van der Waals surface area contributed by atoms with E-state index in [1.807, 2.05) is 19.9 Å². The molecule has 2 heterocycles. The lowest BCUT2D eigenvalue weighted by Crippen LogP contribution is -2.28. The molecule has 0 unspecified atom stereocenters. The summed E-state index contributed by atoms with van der Waals surface area (Å²) in [4.78, 5) is 19.3. The molecule has 19 heavy (non-hydrogen) atoms. The molecule has 0 aliphatic rings. The third-order valence-corrected chi connectivity index (χ3v) is 2.93. The molecule has 6 nitrogen and oxygen atoms in total. The van der Waals surface area contributed by atoms with Crippen LogP contribution < -0.4 is 5.32 Å². The first-order chi connectivity index (χ1) is 9.13. The van der Waals surface area contributed by atoms with Gasteiger partial charge in [0.1, 0.15) is 11.7 Å². The Kier molecular flexibility index (Phi) is 3.99. The van der Waals surface area contributed by atoms with Crippen molar-refractivity contribution in [2.45, 2.75) is 39.7 Å². The maximum absolute atomic E-state index is 12.1. The average molecular weight is 262 g/mol. The number of nitrogens with zero attached hydrogens (tertiary/aromatic N) is 2. The number of carbonyl (C=O) groups is 1. The zero-order chi connectivity index (χ0) is 13.8.